The van der Waals surface area contributed by atoms with Crippen molar-refractivity contribution >= 4 is 23.5 Å². The number of carbonyl (C=O) groups is 2. The zero-order chi connectivity index (χ0) is 17.1. The fourth-order valence-corrected chi connectivity index (χ4v) is 1.89. The summed E-state index contributed by atoms with van der Waals surface area (Å²) >= 11 is 5.74. The van der Waals surface area contributed by atoms with E-state index in [1.54, 1.807) is 12.1 Å². The Morgan fingerprint density at radius 2 is 1.73 bits per heavy atom. The number of carbonyl (C=O) groups excluding carboxylic acids is 1. The van der Waals surface area contributed by atoms with Crippen LogP contribution in [0.4, 0.5) is 13.2 Å². The summed E-state index contributed by atoms with van der Waals surface area (Å²) in [5.41, 5.74) is -0.699. The number of aliphatic carboxylic acids is 1. The van der Waals surface area contributed by atoms with E-state index in [2.05, 4.69) is 0 Å². The lowest BCUT2D eigenvalue weighted by Crippen LogP contribution is -2.49. The van der Waals surface area contributed by atoms with Gasteiger partial charge in [0.15, 0.2) is 0 Å². The maximum atomic E-state index is 12.4. The van der Waals surface area contributed by atoms with Gasteiger partial charge in [0.1, 0.15) is 6.04 Å². The van der Waals surface area contributed by atoms with Crippen molar-refractivity contribution < 1.29 is 27.9 Å². The maximum absolute atomic E-state index is 12.4. The van der Waals surface area contributed by atoms with Crippen LogP contribution in [-0.4, -0.2) is 29.2 Å². The van der Waals surface area contributed by atoms with E-state index in [1.165, 1.54) is 26.0 Å². The number of hydrogen-bond acceptors (Lipinski definition) is 2. The minimum Gasteiger partial charge on any atom is -0.480 e. The maximum Gasteiger partial charge on any atom is 0.391 e. The molecule has 4 nitrogen and oxygen atoms in total. The standard InChI is InChI=1S/C14H15ClF3NO3/c1-13(2,8-3-5-9(15)6-4-8)12(22)19-10(11(20)21)7-14(16,17)18/h3-6,10H,7H2,1-2H3,(H,19,22)(H,20,21). The molecule has 1 aromatic carbocycles. The topological polar surface area (TPSA) is 66.4 Å². The number of carboxylic acids is 1. The minimum atomic E-state index is -4.69. The van der Waals surface area contributed by atoms with Gasteiger partial charge in [-0.05, 0) is 31.5 Å². The molecule has 2 N–H and O–H groups in total. The molecular weight excluding hydrogens is 323 g/mol. The van der Waals surface area contributed by atoms with E-state index in [0.717, 1.165) is 0 Å². The van der Waals surface area contributed by atoms with E-state index in [9.17, 15) is 22.8 Å². The van der Waals surface area contributed by atoms with E-state index >= 15 is 0 Å². The summed E-state index contributed by atoms with van der Waals surface area (Å²) in [7, 11) is 0. The lowest BCUT2D eigenvalue weighted by Gasteiger charge is -2.26. The molecule has 1 atom stereocenters. The van der Waals surface area contributed by atoms with Crippen molar-refractivity contribution in [2.75, 3.05) is 0 Å². The first kappa shape index (κ1) is 18.3. The highest BCUT2D eigenvalue weighted by Gasteiger charge is 2.39. The molecule has 22 heavy (non-hydrogen) atoms. The Morgan fingerprint density at radius 3 is 2.14 bits per heavy atom. The molecule has 0 aromatic heterocycles. The van der Waals surface area contributed by atoms with Crippen molar-refractivity contribution in [2.24, 2.45) is 0 Å². The molecule has 1 aromatic rings. The lowest BCUT2D eigenvalue weighted by atomic mass is 9.83. The molecule has 0 heterocycles. The van der Waals surface area contributed by atoms with Gasteiger partial charge in [-0.1, -0.05) is 23.7 Å². The van der Waals surface area contributed by atoms with Crippen LogP contribution in [-0.2, 0) is 15.0 Å². The summed E-state index contributed by atoms with van der Waals surface area (Å²) < 4.78 is 37.1. The van der Waals surface area contributed by atoms with Crippen molar-refractivity contribution in [2.45, 2.75) is 37.9 Å². The number of hydrogen-bond donors (Lipinski definition) is 2. The van der Waals surface area contributed by atoms with Crippen LogP contribution in [0.5, 0.6) is 0 Å². The van der Waals surface area contributed by atoms with Gasteiger partial charge in [-0.2, -0.15) is 13.2 Å². The summed E-state index contributed by atoms with van der Waals surface area (Å²) in [6.07, 6.45) is -6.33. The average Bonchev–Trinajstić information content (AvgIpc) is 2.36. The zero-order valence-corrected chi connectivity index (χ0v) is 12.6. The Hall–Kier alpha value is -1.76. The minimum absolute atomic E-state index is 0.445. The predicted molar refractivity (Wildman–Crippen MR) is 74.7 cm³/mol. The molecule has 1 rings (SSSR count). The van der Waals surface area contributed by atoms with Crippen molar-refractivity contribution in [3.05, 3.63) is 34.9 Å². The van der Waals surface area contributed by atoms with Gasteiger partial charge in [-0.3, -0.25) is 4.79 Å². The molecule has 0 saturated heterocycles. The molecule has 1 unspecified atom stereocenters. The van der Waals surface area contributed by atoms with E-state index in [4.69, 9.17) is 16.7 Å². The Labute approximate surface area is 130 Å². The third-order valence-electron chi connectivity index (χ3n) is 3.17. The summed E-state index contributed by atoms with van der Waals surface area (Å²) in [6, 6.07) is 4.16. The van der Waals surface area contributed by atoms with Crippen LogP contribution in [0.25, 0.3) is 0 Å². The number of nitrogens with one attached hydrogen (secondary N) is 1. The largest absolute Gasteiger partial charge is 0.480 e. The summed E-state index contributed by atoms with van der Waals surface area (Å²) in [6.45, 7) is 2.97. The van der Waals surface area contributed by atoms with Crippen molar-refractivity contribution in [1.29, 1.82) is 0 Å². The van der Waals surface area contributed by atoms with Gasteiger partial charge in [0.25, 0.3) is 0 Å². The number of rotatable bonds is 5. The number of benzene rings is 1. The SMILES string of the molecule is CC(C)(C(=O)NC(CC(F)(F)F)C(=O)O)c1ccc(Cl)cc1. The third-order valence-corrected chi connectivity index (χ3v) is 3.42. The second-order valence-electron chi connectivity index (χ2n) is 5.32. The fraction of sp³-hybridized carbons (Fsp3) is 0.429. The molecule has 1 amide bonds. The number of carboxylic acid groups (broad SMARTS) is 1. The van der Waals surface area contributed by atoms with E-state index in [-0.39, 0.29) is 0 Å². The normalized spacial score (nSPS) is 13.5. The van der Waals surface area contributed by atoms with E-state index < -0.39 is 35.9 Å². The number of alkyl halides is 3. The highest BCUT2D eigenvalue weighted by atomic mass is 35.5. The highest BCUT2D eigenvalue weighted by molar-refractivity contribution is 6.30. The smallest absolute Gasteiger partial charge is 0.391 e. The molecule has 0 aliphatic carbocycles. The second kappa shape index (κ2) is 6.56. The Morgan fingerprint density at radius 1 is 1.23 bits per heavy atom. The predicted octanol–water partition coefficient (Wildman–Crippen LogP) is 3.14. The first-order chi connectivity index (χ1) is 9.93. The summed E-state index contributed by atoms with van der Waals surface area (Å²) in [5.74, 6) is -2.55. The molecule has 0 bridgehead atoms. The van der Waals surface area contributed by atoms with Crippen LogP contribution in [0.2, 0.25) is 5.02 Å². The van der Waals surface area contributed by atoms with Gasteiger partial charge < -0.3 is 10.4 Å². The van der Waals surface area contributed by atoms with Gasteiger partial charge in [-0.25, -0.2) is 4.79 Å². The first-order valence-corrected chi connectivity index (χ1v) is 6.68. The van der Waals surface area contributed by atoms with Gasteiger partial charge in [0, 0.05) is 5.02 Å². The molecular formula is C14H15ClF3NO3. The van der Waals surface area contributed by atoms with Gasteiger partial charge in [-0.15, -0.1) is 0 Å². The van der Waals surface area contributed by atoms with Gasteiger partial charge >= 0.3 is 12.1 Å². The van der Waals surface area contributed by atoms with Crippen LogP contribution < -0.4 is 5.32 Å². The van der Waals surface area contributed by atoms with Crippen LogP contribution >= 0.6 is 11.6 Å². The Kier molecular flexibility index (Phi) is 5.45. The van der Waals surface area contributed by atoms with Gasteiger partial charge in [0.2, 0.25) is 5.91 Å². The summed E-state index contributed by atoms with van der Waals surface area (Å²) in [5, 5.41) is 11.2. The molecule has 0 radical (unpaired) electrons. The average molecular weight is 338 g/mol. The highest BCUT2D eigenvalue weighted by Crippen LogP contribution is 2.26. The van der Waals surface area contributed by atoms with Crippen LogP contribution in [0.15, 0.2) is 24.3 Å². The van der Waals surface area contributed by atoms with Crippen molar-refractivity contribution in [3.8, 4) is 0 Å². The zero-order valence-electron chi connectivity index (χ0n) is 11.9. The molecule has 122 valence electrons. The number of amides is 1. The van der Waals surface area contributed by atoms with Crippen LogP contribution in [0, 0.1) is 0 Å². The summed E-state index contributed by atoms with van der Waals surface area (Å²) in [4.78, 5) is 23.1. The quantitative estimate of drug-likeness (QED) is 0.867. The molecule has 8 heteroatoms. The monoisotopic (exact) mass is 337 g/mol. The molecule has 0 fully saturated rings. The van der Waals surface area contributed by atoms with Crippen molar-refractivity contribution in [1.82, 2.24) is 5.32 Å². The van der Waals surface area contributed by atoms with Crippen molar-refractivity contribution in [3.63, 3.8) is 0 Å². The van der Waals surface area contributed by atoms with Gasteiger partial charge in [0.05, 0.1) is 11.8 Å². The van der Waals surface area contributed by atoms with E-state index in [0.29, 0.717) is 10.6 Å². The lowest BCUT2D eigenvalue weighted by molar-refractivity contribution is -0.160. The third kappa shape index (κ3) is 4.91. The van der Waals surface area contributed by atoms with E-state index in [1.807, 2.05) is 5.32 Å². The number of halogens is 4. The fourth-order valence-electron chi connectivity index (χ4n) is 1.77. The molecule has 0 spiro atoms. The molecule has 0 aliphatic rings. The van der Waals surface area contributed by atoms with Crippen LogP contribution in [0.1, 0.15) is 25.8 Å². The van der Waals surface area contributed by atoms with Crippen LogP contribution in [0.3, 0.4) is 0 Å². The Bertz CT molecular complexity index is 555. The first-order valence-electron chi connectivity index (χ1n) is 6.30. The second-order valence-corrected chi connectivity index (χ2v) is 5.75. The Balaban J connectivity index is 2.92. The molecule has 0 aliphatic heterocycles. The molecule has 0 saturated carbocycles.